The first-order chi connectivity index (χ1) is 13.0. The van der Waals surface area contributed by atoms with Crippen LogP contribution in [0.2, 0.25) is 0 Å². The van der Waals surface area contributed by atoms with Crippen LogP contribution in [0.15, 0.2) is 54.6 Å². The third-order valence-electron chi connectivity index (χ3n) is 3.78. The van der Waals surface area contributed by atoms with E-state index in [4.69, 9.17) is 14.2 Å². The largest absolute Gasteiger partial charge is 0.458 e. The Labute approximate surface area is 164 Å². The summed E-state index contributed by atoms with van der Waals surface area (Å²) < 4.78 is 16.2. The molecule has 1 atom stereocenters. The van der Waals surface area contributed by atoms with Crippen LogP contribution in [-0.2, 0) is 19.0 Å². The molecule has 0 bridgehead atoms. The first-order valence-corrected chi connectivity index (χ1v) is 9.36. The highest BCUT2D eigenvalue weighted by Gasteiger charge is 2.20. The fourth-order valence-electron chi connectivity index (χ4n) is 2.41. The molecule has 0 N–H and O–H groups in total. The van der Waals surface area contributed by atoms with Crippen molar-refractivity contribution in [1.82, 2.24) is 0 Å². The smallest absolute Gasteiger partial charge is 0.339 e. The van der Waals surface area contributed by atoms with Gasteiger partial charge >= 0.3 is 11.9 Å². The molecule has 0 aromatic heterocycles. The highest BCUT2D eigenvalue weighted by atomic mass is 32.1. The number of carbonyl (C=O) groups excluding carboxylic acids is 2. The summed E-state index contributed by atoms with van der Waals surface area (Å²) >= 11 is 4.13. The molecule has 144 valence electrons. The summed E-state index contributed by atoms with van der Waals surface area (Å²) in [6.45, 7) is 5.62. The van der Waals surface area contributed by atoms with E-state index in [-0.39, 0.29) is 18.8 Å². The molecule has 1 unspecified atom stereocenters. The van der Waals surface area contributed by atoms with Crippen LogP contribution in [0.1, 0.15) is 23.7 Å². The highest BCUT2D eigenvalue weighted by molar-refractivity contribution is 7.80. The van der Waals surface area contributed by atoms with Crippen LogP contribution >= 0.6 is 12.6 Å². The van der Waals surface area contributed by atoms with Crippen molar-refractivity contribution in [1.29, 1.82) is 0 Å². The van der Waals surface area contributed by atoms with Crippen molar-refractivity contribution in [2.24, 2.45) is 0 Å². The van der Waals surface area contributed by atoms with Crippen molar-refractivity contribution in [3.8, 4) is 0 Å². The number of benzene rings is 2. The number of ether oxygens (including phenoxy) is 3. The standard InChI is InChI=1S/C21H24O5S/c1-15(2)20(22)25-14-17(13-24-11-6-12-27)26-21(23)19-10-5-8-16-7-3-4-9-18(16)19/h3-5,7-10,17,27H,1,6,11-14H2,2H3. The molecule has 27 heavy (non-hydrogen) atoms. The SMILES string of the molecule is C=C(C)C(=O)OCC(COCCCS)OC(=O)c1cccc2ccccc12. The molecule has 0 amide bonds. The monoisotopic (exact) mass is 388 g/mol. The third kappa shape index (κ3) is 6.41. The lowest BCUT2D eigenvalue weighted by Crippen LogP contribution is -2.30. The van der Waals surface area contributed by atoms with Crippen LogP contribution in [0.5, 0.6) is 0 Å². The zero-order valence-electron chi connectivity index (χ0n) is 15.3. The van der Waals surface area contributed by atoms with Gasteiger partial charge in [0.15, 0.2) is 6.10 Å². The Bertz CT molecular complexity index is 797. The Kier molecular flexibility index (Phi) is 8.36. The Balaban J connectivity index is 2.08. The van der Waals surface area contributed by atoms with E-state index in [0.717, 1.165) is 17.2 Å². The van der Waals surface area contributed by atoms with Crippen molar-refractivity contribution in [2.75, 3.05) is 25.6 Å². The number of esters is 2. The van der Waals surface area contributed by atoms with Gasteiger partial charge in [0.2, 0.25) is 0 Å². The molecular weight excluding hydrogens is 364 g/mol. The molecule has 5 nitrogen and oxygen atoms in total. The number of carbonyl (C=O) groups is 2. The Morgan fingerprint density at radius 1 is 1.11 bits per heavy atom. The van der Waals surface area contributed by atoms with E-state index in [1.807, 2.05) is 30.3 Å². The van der Waals surface area contributed by atoms with Crippen LogP contribution in [-0.4, -0.2) is 43.6 Å². The molecule has 0 saturated heterocycles. The van der Waals surface area contributed by atoms with Gasteiger partial charge in [0, 0.05) is 12.2 Å². The summed E-state index contributed by atoms with van der Waals surface area (Å²) in [5.41, 5.74) is 0.741. The predicted molar refractivity (Wildman–Crippen MR) is 108 cm³/mol. The van der Waals surface area contributed by atoms with Crippen molar-refractivity contribution in [3.05, 3.63) is 60.2 Å². The van der Waals surface area contributed by atoms with E-state index in [2.05, 4.69) is 19.2 Å². The van der Waals surface area contributed by atoms with Gasteiger partial charge in [-0.2, -0.15) is 12.6 Å². The van der Waals surface area contributed by atoms with Crippen LogP contribution in [0, 0.1) is 0 Å². The van der Waals surface area contributed by atoms with Crippen molar-refractivity contribution in [3.63, 3.8) is 0 Å². The summed E-state index contributed by atoms with van der Waals surface area (Å²) in [6.07, 6.45) is 0.0678. The predicted octanol–water partition coefficient (Wildman–Crippen LogP) is 3.82. The summed E-state index contributed by atoms with van der Waals surface area (Å²) in [4.78, 5) is 24.3. The lowest BCUT2D eigenvalue weighted by atomic mass is 10.0. The molecule has 0 saturated carbocycles. The van der Waals surface area contributed by atoms with Crippen LogP contribution < -0.4 is 0 Å². The summed E-state index contributed by atoms with van der Waals surface area (Å²) in [6, 6.07) is 13.0. The fraction of sp³-hybridized carbons (Fsp3) is 0.333. The Morgan fingerprint density at radius 3 is 2.59 bits per heavy atom. The lowest BCUT2D eigenvalue weighted by molar-refractivity contribution is -0.143. The van der Waals surface area contributed by atoms with Gasteiger partial charge in [-0.15, -0.1) is 0 Å². The quantitative estimate of drug-likeness (QED) is 0.290. The topological polar surface area (TPSA) is 61.8 Å². The van der Waals surface area contributed by atoms with Gasteiger partial charge in [-0.05, 0) is 35.9 Å². The van der Waals surface area contributed by atoms with E-state index in [1.165, 1.54) is 0 Å². The van der Waals surface area contributed by atoms with Gasteiger partial charge in [-0.25, -0.2) is 9.59 Å². The van der Waals surface area contributed by atoms with Gasteiger partial charge in [0.1, 0.15) is 6.61 Å². The zero-order valence-corrected chi connectivity index (χ0v) is 16.2. The van der Waals surface area contributed by atoms with Crippen LogP contribution in [0.3, 0.4) is 0 Å². The van der Waals surface area contributed by atoms with Gasteiger partial charge in [0.05, 0.1) is 12.2 Å². The third-order valence-corrected chi connectivity index (χ3v) is 4.10. The molecule has 0 aliphatic heterocycles. The summed E-state index contributed by atoms with van der Waals surface area (Å²) in [5.74, 6) is -0.317. The number of hydrogen-bond acceptors (Lipinski definition) is 6. The van der Waals surface area contributed by atoms with E-state index in [0.29, 0.717) is 17.9 Å². The van der Waals surface area contributed by atoms with Gasteiger partial charge in [0.25, 0.3) is 0 Å². The lowest BCUT2D eigenvalue weighted by Gasteiger charge is -2.19. The van der Waals surface area contributed by atoms with Crippen LogP contribution in [0.25, 0.3) is 10.8 Å². The second-order valence-corrected chi connectivity index (χ2v) is 6.53. The maximum Gasteiger partial charge on any atom is 0.339 e. The normalized spacial score (nSPS) is 11.8. The minimum absolute atomic E-state index is 0.0942. The molecule has 0 spiro atoms. The van der Waals surface area contributed by atoms with E-state index < -0.39 is 18.0 Å². The molecule has 0 aliphatic carbocycles. The maximum absolute atomic E-state index is 12.7. The second kappa shape index (κ2) is 10.7. The average Bonchev–Trinajstić information content (AvgIpc) is 2.68. The summed E-state index contributed by atoms with van der Waals surface area (Å²) in [5, 5.41) is 1.75. The molecule has 2 rings (SSSR count). The van der Waals surface area contributed by atoms with E-state index >= 15 is 0 Å². The number of hydrogen-bond donors (Lipinski definition) is 1. The van der Waals surface area contributed by atoms with Gasteiger partial charge < -0.3 is 14.2 Å². The van der Waals surface area contributed by atoms with Crippen molar-refractivity contribution < 1.29 is 23.8 Å². The first kappa shape index (κ1) is 21.0. The van der Waals surface area contributed by atoms with Crippen molar-refractivity contribution in [2.45, 2.75) is 19.4 Å². The molecule has 0 aliphatic rings. The average molecular weight is 388 g/mol. The number of fused-ring (bicyclic) bond motifs is 1. The minimum Gasteiger partial charge on any atom is -0.458 e. The van der Waals surface area contributed by atoms with Gasteiger partial charge in [-0.1, -0.05) is 43.0 Å². The molecule has 0 radical (unpaired) electrons. The molecular formula is C21H24O5S. The Hall–Kier alpha value is -2.31. The molecule has 2 aromatic rings. The molecule has 0 heterocycles. The zero-order chi connectivity index (χ0) is 19.6. The molecule has 2 aromatic carbocycles. The second-order valence-electron chi connectivity index (χ2n) is 6.08. The van der Waals surface area contributed by atoms with Crippen molar-refractivity contribution >= 4 is 35.3 Å². The van der Waals surface area contributed by atoms with E-state index in [1.54, 1.807) is 19.1 Å². The maximum atomic E-state index is 12.7. The Morgan fingerprint density at radius 2 is 1.85 bits per heavy atom. The van der Waals surface area contributed by atoms with E-state index in [9.17, 15) is 9.59 Å². The first-order valence-electron chi connectivity index (χ1n) is 8.73. The highest BCUT2D eigenvalue weighted by Crippen LogP contribution is 2.20. The molecule has 0 fully saturated rings. The number of thiol groups is 1. The summed E-state index contributed by atoms with van der Waals surface area (Å²) in [7, 11) is 0. The molecule has 6 heteroatoms. The number of rotatable bonds is 10. The van der Waals surface area contributed by atoms with Crippen LogP contribution in [0.4, 0.5) is 0 Å². The van der Waals surface area contributed by atoms with Gasteiger partial charge in [-0.3, -0.25) is 0 Å². The minimum atomic E-state index is -0.709. The fourth-order valence-corrected chi connectivity index (χ4v) is 2.54.